The van der Waals surface area contributed by atoms with Crippen molar-refractivity contribution in [2.75, 3.05) is 7.11 Å². The fraction of sp³-hybridized carbons (Fsp3) is 0.632. The van der Waals surface area contributed by atoms with Crippen LogP contribution in [0.1, 0.15) is 63.5 Å². The third kappa shape index (κ3) is 2.13. The lowest BCUT2D eigenvalue weighted by atomic mass is 9.49. The number of carboxylic acid groups (broad SMARTS) is 1. The van der Waals surface area contributed by atoms with Crippen LogP contribution >= 0.6 is 0 Å². The molecule has 3 heteroatoms. The van der Waals surface area contributed by atoms with Crippen LogP contribution in [0.4, 0.5) is 0 Å². The highest BCUT2D eigenvalue weighted by Gasteiger charge is 2.53. The highest BCUT2D eigenvalue weighted by Crippen LogP contribution is 2.59. The Labute approximate surface area is 132 Å². The summed E-state index contributed by atoms with van der Waals surface area (Å²) < 4.78 is 5.41. The van der Waals surface area contributed by atoms with Gasteiger partial charge in [-0.25, -0.2) is 0 Å². The number of methoxy groups -OCH3 is 1. The van der Waals surface area contributed by atoms with Gasteiger partial charge < -0.3 is 9.84 Å². The van der Waals surface area contributed by atoms with Crippen LogP contribution in [-0.4, -0.2) is 18.2 Å². The van der Waals surface area contributed by atoms with Crippen molar-refractivity contribution in [1.29, 1.82) is 0 Å². The second-order valence-electron chi connectivity index (χ2n) is 7.89. The van der Waals surface area contributed by atoms with Gasteiger partial charge in [-0.2, -0.15) is 0 Å². The van der Waals surface area contributed by atoms with E-state index in [1.807, 2.05) is 12.1 Å². The molecule has 0 bridgehead atoms. The number of carboxylic acids is 1. The van der Waals surface area contributed by atoms with Crippen molar-refractivity contribution in [3.8, 4) is 5.75 Å². The summed E-state index contributed by atoms with van der Waals surface area (Å²) in [6.07, 6.45) is 4.26. The van der Waals surface area contributed by atoms with Gasteiger partial charge in [0.1, 0.15) is 5.75 Å². The van der Waals surface area contributed by atoms with E-state index >= 15 is 0 Å². The minimum absolute atomic E-state index is 0.0531. The first-order valence-corrected chi connectivity index (χ1v) is 8.21. The normalized spacial score (nSPS) is 32.7. The average molecular weight is 302 g/mol. The van der Waals surface area contributed by atoms with Crippen molar-refractivity contribution < 1.29 is 14.6 Å². The summed E-state index contributed by atoms with van der Waals surface area (Å²) in [5, 5.41) is 9.72. The van der Waals surface area contributed by atoms with E-state index in [2.05, 4.69) is 26.8 Å². The van der Waals surface area contributed by atoms with Crippen LogP contribution in [-0.2, 0) is 10.2 Å². The minimum atomic E-state index is -0.699. The lowest BCUT2D eigenvalue weighted by Gasteiger charge is -2.55. The Morgan fingerprint density at radius 3 is 2.64 bits per heavy atom. The molecule has 0 saturated heterocycles. The zero-order valence-electron chi connectivity index (χ0n) is 14.0. The maximum absolute atomic E-state index is 11.8. The molecule has 1 aromatic rings. The van der Waals surface area contributed by atoms with Gasteiger partial charge >= 0.3 is 5.97 Å². The predicted octanol–water partition coefficient (Wildman–Crippen LogP) is 4.35. The number of aliphatic carboxylic acids is 1. The largest absolute Gasteiger partial charge is 0.497 e. The number of hydrogen-bond acceptors (Lipinski definition) is 2. The molecule has 0 heterocycles. The van der Waals surface area contributed by atoms with Crippen LogP contribution in [0.25, 0.3) is 0 Å². The van der Waals surface area contributed by atoms with Crippen molar-refractivity contribution in [2.24, 2.45) is 11.3 Å². The summed E-state index contributed by atoms with van der Waals surface area (Å²) in [6.45, 7) is 6.94. The number of fused-ring (bicyclic) bond motifs is 3. The SMILES string of the molecule is COc1ccc2c(c1)[C@]1(C)CCCC(C)(C)[C@H]1C[C@@H]2C(=O)O. The van der Waals surface area contributed by atoms with Crippen LogP contribution < -0.4 is 4.74 Å². The lowest BCUT2D eigenvalue weighted by Crippen LogP contribution is -2.49. The molecule has 1 saturated carbocycles. The molecule has 3 nitrogen and oxygen atoms in total. The first kappa shape index (κ1) is 15.4. The Morgan fingerprint density at radius 2 is 2.00 bits per heavy atom. The standard InChI is InChI=1S/C19H26O3/c1-18(2)8-5-9-19(3)15-10-12(22-4)6-7-13(15)14(17(20)21)11-16(18)19/h6-7,10,14,16H,5,8-9,11H2,1-4H3,(H,20,21)/t14-,16+,19-/m0/s1. The van der Waals surface area contributed by atoms with E-state index in [1.165, 1.54) is 18.4 Å². The van der Waals surface area contributed by atoms with Gasteiger partial charge in [0.2, 0.25) is 0 Å². The van der Waals surface area contributed by atoms with Crippen LogP contribution in [0.3, 0.4) is 0 Å². The molecule has 0 unspecified atom stereocenters. The molecule has 2 aliphatic rings. The maximum atomic E-state index is 11.8. The third-order valence-corrected chi connectivity index (χ3v) is 6.25. The quantitative estimate of drug-likeness (QED) is 0.883. The molecule has 120 valence electrons. The van der Waals surface area contributed by atoms with Gasteiger partial charge in [0.25, 0.3) is 0 Å². The fourth-order valence-electron chi connectivity index (χ4n) is 5.08. The van der Waals surface area contributed by atoms with E-state index in [9.17, 15) is 9.90 Å². The van der Waals surface area contributed by atoms with Crippen LogP contribution in [0, 0.1) is 11.3 Å². The highest BCUT2D eigenvalue weighted by atomic mass is 16.5. The summed E-state index contributed by atoms with van der Waals surface area (Å²) in [5.74, 6) is 0.133. The molecule has 1 aromatic carbocycles. The smallest absolute Gasteiger partial charge is 0.310 e. The third-order valence-electron chi connectivity index (χ3n) is 6.25. The molecule has 0 spiro atoms. The summed E-state index contributed by atoms with van der Waals surface area (Å²) in [4.78, 5) is 11.8. The molecule has 1 N–H and O–H groups in total. The molecule has 22 heavy (non-hydrogen) atoms. The van der Waals surface area contributed by atoms with E-state index in [-0.39, 0.29) is 10.8 Å². The van der Waals surface area contributed by atoms with Crippen molar-refractivity contribution in [2.45, 2.75) is 57.8 Å². The Bertz CT molecular complexity index is 605. The van der Waals surface area contributed by atoms with Crippen molar-refractivity contribution in [1.82, 2.24) is 0 Å². The fourth-order valence-corrected chi connectivity index (χ4v) is 5.08. The minimum Gasteiger partial charge on any atom is -0.497 e. The zero-order chi connectivity index (χ0) is 16.1. The Balaban J connectivity index is 2.20. The predicted molar refractivity (Wildman–Crippen MR) is 86.5 cm³/mol. The maximum Gasteiger partial charge on any atom is 0.310 e. The van der Waals surface area contributed by atoms with E-state index in [1.54, 1.807) is 7.11 Å². The van der Waals surface area contributed by atoms with E-state index in [0.29, 0.717) is 5.92 Å². The molecule has 2 aliphatic carbocycles. The number of ether oxygens (including phenoxy) is 1. The monoisotopic (exact) mass is 302 g/mol. The zero-order valence-corrected chi connectivity index (χ0v) is 14.0. The summed E-state index contributed by atoms with van der Waals surface area (Å²) in [6, 6.07) is 5.95. The molecule has 3 rings (SSSR count). The van der Waals surface area contributed by atoms with Crippen molar-refractivity contribution >= 4 is 5.97 Å². The van der Waals surface area contributed by atoms with Crippen molar-refractivity contribution in [3.63, 3.8) is 0 Å². The number of hydrogen-bond donors (Lipinski definition) is 1. The Hall–Kier alpha value is -1.51. The van der Waals surface area contributed by atoms with Crippen LogP contribution in [0.5, 0.6) is 5.75 Å². The van der Waals surface area contributed by atoms with Gasteiger partial charge in [0.05, 0.1) is 13.0 Å². The van der Waals surface area contributed by atoms with E-state index in [0.717, 1.165) is 24.2 Å². The molecule has 0 aromatic heterocycles. The molecule has 0 radical (unpaired) electrons. The Morgan fingerprint density at radius 1 is 1.27 bits per heavy atom. The summed E-state index contributed by atoms with van der Waals surface area (Å²) in [7, 11) is 1.67. The van der Waals surface area contributed by atoms with Gasteiger partial charge in [-0.05, 0) is 59.3 Å². The molecular weight excluding hydrogens is 276 g/mol. The van der Waals surface area contributed by atoms with Gasteiger partial charge in [-0.1, -0.05) is 33.3 Å². The number of benzene rings is 1. The number of carbonyl (C=O) groups is 1. The molecule has 0 amide bonds. The van der Waals surface area contributed by atoms with Crippen molar-refractivity contribution in [3.05, 3.63) is 29.3 Å². The van der Waals surface area contributed by atoms with Gasteiger partial charge in [-0.3, -0.25) is 4.79 Å². The van der Waals surface area contributed by atoms with Gasteiger partial charge in [0, 0.05) is 0 Å². The molecule has 3 atom stereocenters. The summed E-state index contributed by atoms with van der Waals surface area (Å²) in [5.41, 5.74) is 2.42. The first-order valence-electron chi connectivity index (χ1n) is 8.21. The first-order chi connectivity index (χ1) is 10.3. The van der Waals surface area contributed by atoms with Crippen LogP contribution in [0.2, 0.25) is 0 Å². The topological polar surface area (TPSA) is 46.5 Å². The second kappa shape index (κ2) is 5.00. The van der Waals surface area contributed by atoms with Gasteiger partial charge in [-0.15, -0.1) is 0 Å². The summed E-state index contributed by atoms with van der Waals surface area (Å²) >= 11 is 0. The highest BCUT2D eigenvalue weighted by molar-refractivity contribution is 5.78. The lowest BCUT2D eigenvalue weighted by molar-refractivity contribution is -0.140. The molecule has 0 aliphatic heterocycles. The average Bonchev–Trinajstić information content (AvgIpc) is 2.45. The molecule has 1 fully saturated rings. The second-order valence-corrected chi connectivity index (χ2v) is 7.89. The number of rotatable bonds is 2. The van der Waals surface area contributed by atoms with E-state index in [4.69, 9.17) is 4.74 Å². The van der Waals surface area contributed by atoms with E-state index < -0.39 is 11.9 Å². The molecular formula is C19H26O3. The Kier molecular flexibility index (Phi) is 3.50. The van der Waals surface area contributed by atoms with Crippen LogP contribution in [0.15, 0.2) is 18.2 Å². The van der Waals surface area contributed by atoms with Gasteiger partial charge in [0.15, 0.2) is 0 Å².